The number of fused-ring (bicyclic) bond motifs is 1. The third-order valence-electron chi connectivity index (χ3n) is 3.51. The number of nitrogens with one attached hydrogen (secondary N) is 1. The Hall–Kier alpha value is -1.47. The van der Waals surface area contributed by atoms with Crippen LogP contribution in [0.25, 0.3) is 0 Å². The lowest BCUT2D eigenvalue weighted by Crippen LogP contribution is -2.26. The monoisotopic (exact) mass is 344 g/mol. The maximum absolute atomic E-state index is 12.2. The molecule has 22 heavy (non-hydrogen) atoms. The molecule has 2 rings (SSSR count). The van der Waals surface area contributed by atoms with Gasteiger partial charge in [-0.2, -0.15) is 0 Å². The maximum Gasteiger partial charge on any atom is 0.337 e. The number of amides is 1. The number of carbonyl (C=O) groups excluding carboxylic acids is 2. The predicted octanol–water partition coefficient (Wildman–Crippen LogP) is 2.38. The van der Waals surface area contributed by atoms with Gasteiger partial charge in [0.1, 0.15) is 0 Å². The van der Waals surface area contributed by atoms with Crippen molar-refractivity contribution in [3.05, 3.63) is 21.2 Å². The van der Waals surface area contributed by atoms with Gasteiger partial charge in [-0.25, -0.2) is 4.79 Å². The summed E-state index contributed by atoms with van der Waals surface area (Å²) in [5.74, 6) is -0.788. The average molecular weight is 345 g/mol. The van der Waals surface area contributed by atoms with E-state index in [1.165, 1.54) is 24.9 Å². The molecule has 0 fully saturated rings. The summed E-state index contributed by atoms with van der Waals surface area (Å²) < 4.78 is 5.11. The van der Waals surface area contributed by atoms with Crippen LogP contribution in [0.15, 0.2) is 26.4 Å². The molecule has 6 nitrogen and oxygen atoms in total. The number of carbonyl (C=O) groups is 2. The molecule has 2 aliphatic rings. The van der Waals surface area contributed by atoms with Gasteiger partial charge in [-0.05, 0) is 25.3 Å². The first-order valence-corrected chi connectivity index (χ1v) is 8.16. The Morgan fingerprint density at radius 2 is 2.32 bits per heavy atom. The van der Waals surface area contributed by atoms with Gasteiger partial charge in [-0.1, -0.05) is 28.5 Å². The van der Waals surface area contributed by atoms with E-state index in [1.807, 2.05) is 0 Å². The molecule has 2 N–H and O–H groups in total. The van der Waals surface area contributed by atoms with Crippen LogP contribution in [0.5, 0.6) is 0 Å². The highest BCUT2D eigenvalue weighted by atomic mass is 35.5. The molecule has 1 amide bonds. The van der Waals surface area contributed by atoms with E-state index in [4.69, 9.17) is 21.5 Å². The molecular formula is C14H17ClN2O4S. The largest absolute Gasteiger partial charge is 0.463 e. The van der Waals surface area contributed by atoms with Crippen molar-refractivity contribution >= 4 is 41.5 Å². The fraction of sp³-hybridized carbons (Fsp3) is 0.500. The number of halogens is 1. The molecule has 120 valence electrons. The molecule has 1 aliphatic carbocycles. The topological polar surface area (TPSA) is 88.0 Å². The highest BCUT2D eigenvalue weighted by molar-refractivity contribution is 8.04. The fourth-order valence-corrected chi connectivity index (χ4v) is 4.57. The lowest BCUT2D eigenvalue weighted by atomic mass is 9.84. The Morgan fingerprint density at radius 3 is 2.91 bits per heavy atom. The van der Waals surface area contributed by atoms with Gasteiger partial charge < -0.3 is 15.3 Å². The molecule has 0 spiro atoms. The SMILES string of the molecule is CCOC(=O)C1=C(NC(C)=O)SC2C(Cl)=C(/C=N/O)CCC12. The lowest BCUT2D eigenvalue weighted by molar-refractivity contribution is -0.139. The molecular weight excluding hydrogens is 328 g/mol. The Morgan fingerprint density at radius 1 is 1.59 bits per heavy atom. The van der Waals surface area contributed by atoms with Crippen LogP contribution in [-0.2, 0) is 14.3 Å². The number of hydrogen-bond acceptors (Lipinski definition) is 6. The summed E-state index contributed by atoms with van der Waals surface area (Å²) in [5.41, 5.74) is 1.22. The smallest absolute Gasteiger partial charge is 0.337 e. The summed E-state index contributed by atoms with van der Waals surface area (Å²) in [5, 5.41) is 15.3. The van der Waals surface area contributed by atoms with E-state index < -0.39 is 5.97 Å². The van der Waals surface area contributed by atoms with Crippen LogP contribution in [0.1, 0.15) is 26.7 Å². The molecule has 0 radical (unpaired) electrons. The summed E-state index contributed by atoms with van der Waals surface area (Å²) in [4.78, 5) is 23.6. The molecule has 0 saturated carbocycles. The van der Waals surface area contributed by atoms with Crippen molar-refractivity contribution in [3.63, 3.8) is 0 Å². The summed E-state index contributed by atoms with van der Waals surface area (Å²) in [7, 11) is 0. The molecule has 1 heterocycles. The summed E-state index contributed by atoms with van der Waals surface area (Å²) in [6.45, 7) is 3.39. The van der Waals surface area contributed by atoms with Gasteiger partial charge in [-0.15, -0.1) is 0 Å². The summed E-state index contributed by atoms with van der Waals surface area (Å²) in [6.07, 6.45) is 2.59. The summed E-state index contributed by atoms with van der Waals surface area (Å²) in [6, 6.07) is 0. The van der Waals surface area contributed by atoms with Crippen molar-refractivity contribution in [2.24, 2.45) is 11.1 Å². The zero-order chi connectivity index (χ0) is 16.3. The van der Waals surface area contributed by atoms with Crippen LogP contribution in [0, 0.1) is 5.92 Å². The van der Waals surface area contributed by atoms with E-state index in [0.29, 0.717) is 28.5 Å². The Balaban J connectivity index is 2.36. The van der Waals surface area contributed by atoms with Gasteiger partial charge in [0.25, 0.3) is 0 Å². The van der Waals surface area contributed by atoms with Crippen molar-refractivity contribution in [2.45, 2.75) is 31.9 Å². The number of esters is 1. The number of allylic oxidation sites excluding steroid dienone is 1. The number of oxime groups is 1. The van der Waals surface area contributed by atoms with Crippen LogP contribution in [0.2, 0.25) is 0 Å². The van der Waals surface area contributed by atoms with Gasteiger partial charge >= 0.3 is 5.97 Å². The van der Waals surface area contributed by atoms with Gasteiger partial charge in [-0.3, -0.25) is 4.79 Å². The highest BCUT2D eigenvalue weighted by Gasteiger charge is 2.44. The fourth-order valence-electron chi connectivity index (χ4n) is 2.64. The minimum absolute atomic E-state index is 0.116. The molecule has 0 aromatic heterocycles. The zero-order valence-electron chi connectivity index (χ0n) is 12.3. The van der Waals surface area contributed by atoms with Crippen molar-refractivity contribution in [1.82, 2.24) is 5.32 Å². The molecule has 0 saturated heterocycles. The van der Waals surface area contributed by atoms with Crippen molar-refractivity contribution in [3.8, 4) is 0 Å². The van der Waals surface area contributed by atoms with Crippen LogP contribution in [-0.4, -0.2) is 35.2 Å². The first-order chi connectivity index (χ1) is 10.5. The lowest BCUT2D eigenvalue weighted by Gasteiger charge is -2.26. The number of hydrogen-bond donors (Lipinski definition) is 2. The van der Waals surface area contributed by atoms with Gasteiger partial charge in [0, 0.05) is 17.9 Å². The number of thioether (sulfide) groups is 1. The third-order valence-corrected chi connectivity index (χ3v) is 5.49. The van der Waals surface area contributed by atoms with E-state index in [-0.39, 0.29) is 23.7 Å². The highest BCUT2D eigenvalue weighted by Crippen LogP contribution is 2.51. The summed E-state index contributed by atoms with van der Waals surface area (Å²) >= 11 is 7.71. The number of ether oxygens (including phenoxy) is 1. The van der Waals surface area contributed by atoms with E-state index >= 15 is 0 Å². The molecule has 2 atom stereocenters. The van der Waals surface area contributed by atoms with E-state index in [0.717, 1.165) is 5.57 Å². The normalized spacial score (nSPS) is 24.7. The van der Waals surface area contributed by atoms with Gasteiger partial charge in [0.05, 0.1) is 28.7 Å². The van der Waals surface area contributed by atoms with Crippen LogP contribution in [0.3, 0.4) is 0 Å². The van der Waals surface area contributed by atoms with Crippen LogP contribution < -0.4 is 5.32 Å². The number of nitrogens with zero attached hydrogens (tertiary/aromatic N) is 1. The second-order valence-corrected chi connectivity index (χ2v) is 6.50. The molecule has 0 bridgehead atoms. The molecule has 0 aromatic rings. The van der Waals surface area contributed by atoms with Gasteiger partial charge in [0.15, 0.2) is 0 Å². The standard InChI is InChI=1S/C14H17ClN2O4S/c1-3-21-14(19)10-9-5-4-8(6-16-20)11(15)12(9)22-13(10)17-7(2)18/h6,9,12,20H,3-5H2,1-2H3,(H,17,18)/b16-6+. The second-order valence-electron chi connectivity index (χ2n) is 4.95. The Kier molecular flexibility index (Phi) is 5.52. The van der Waals surface area contributed by atoms with Crippen LogP contribution >= 0.6 is 23.4 Å². The maximum atomic E-state index is 12.2. The predicted molar refractivity (Wildman–Crippen MR) is 84.7 cm³/mol. The van der Waals surface area contributed by atoms with E-state index in [9.17, 15) is 9.59 Å². The number of rotatable bonds is 4. The Bertz CT molecular complexity index is 585. The van der Waals surface area contributed by atoms with Crippen molar-refractivity contribution in [2.75, 3.05) is 6.61 Å². The third kappa shape index (κ3) is 3.30. The molecule has 1 aliphatic heterocycles. The van der Waals surface area contributed by atoms with Crippen LogP contribution in [0.4, 0.5) is 0 Å². The average Bonchev–Trinajstić information content (AvgIpc) is 2.80. The van der Waals surface area contributed by atoms with E-state index in [1.54, 1.807) is 6.92 Å². The van der Waals surface area contributed by atoms with Gasteiger partial charge in [0.2, 0.25) is 5.91 Å². The quantitative estimate of drug-likeness (QED) is 0.354. The van der Waals surface area contributed by atoms with E-state index in [2.05, 4.69) is 10.5 Å². The molecule has 2 unspecified atom stereocenters. The zero-order valence-corrected chi connectivity index (χ0v) is 13.8. The first-order valence-electron chi connectivity index (χ1n) is 6.91. The second kappa shape index (κ2) is 7.19. The first kappa shape index (κ1) is 16.9. The molecule has 8 heteroatoms. The minimum Gasteiger partial charge on any atom is -0.463 e. The van der Waals surface area contributed by atoms with Crippen molar-refractivity contribution in [1.29, 1.82) is 0 Å². The Labute approximate surface area is 137 Å². The minimum atomic E-state index is -0.421. The molecule has 0 aromatic carbocycles. The van der Waals surface area contributed by atoms with Crippen molar-refractivity contribution < 1.29 is 19.5 Å².